The van der Waals surface area contributed by atoms with Crippen LogP contribution in [0.5, 0.6) is 0 Å². The molecule has 2 rings (SSSR count). The molecule has 1 heterocycles. The molecule has 0 aromatic heterocycles. The van der Waals surface area contributed by atoms with Crippen LogP contribution in [0.25, 0.3) is 0 Å². The predicted octanol–water partition coefficient (Wildman–Crippen LogP) is 1.15. The third-order valence-electron chi connectivity index (χ3n) is 4.60. The van der Waals surface area contributed by atoms with E-state index in [-0.39, 0.29) is 29.8 Å². The molecule has 24 heavy (non-hydrogen) atoms. The van der Waals surface area contributed by atoms with Gasteiger partial charge in [0.25, 0.3) is 0 Å². The van der Waals surface area contributed by atoms with Crippen molar-refractivity contribution < 1.29 is 14.3 Å². The van der Waals surface area contributed by atoms with Gasteiger partial charge < -0.3 is 15.4 Å². The van der Waals surface area contributed by atoms with E-state index in [4.69, 9.17) is 4.74 Å². The molecule has 2 unspecified atom stereocenters. The Bertz CT molecular complexity index is 435. The summed E-state index contributed by atoms with van der Waals surface area (Å²) in [6, 6.07) is 0.241. The summed E-state index contributed by atoms with van der Waals surface area (Å²) >= 11 is 0. The zero-order chi connectivity index (χ0) is 17.7. The predicted molar refractivity (Wildman–Crippen MR) is 93.6 cm³/mol. The van der Waals surface area contributed by atoms with Gasteiger partial charge in [-0.1, -0.05) is 27.7 Å². The van der Waals surface area contributed by atoms with E-state index in [1.54, 1.807) is 0 Å². The van der Waals surface area contributed by atoms with Gasteiger partial charge in [0.1, 0.15) is 6.04 Å². The van der Waals surface area contributed by atoms with Crippen molar-refractivity contribution in [1.29, 1.82) is 0 Å². The Morgan fingerprint density at radius 3 is 2.50 bits per heavy atom. The van der Waals surface area contributed by atoms with Crippen LogP contribution in [-0.2, 0) is 14.3 Å². The van der Waals surface area contributed by atoms with Crippen molar-refractivity contribution in [2.24, 2.45) is 11.8 Å². The first kappa shape index (κ1) is 19.2. The van der Waals surface area contributed by atoms with Gasteiger partial charge >= 0.3 is 0 Å². The highest BCUT2D eigenvalue weighted by molar-refractivity contribution is 5.87. The second-order valence-electron chi connectivity index (χ2n) is 7.85. The summed E-state index contributed by atoms with van der Waals surface area (Å²) in [5.74, 6) is 0.156. The Balaban J connectivity index is 1.78. The van der Waals surface area contributed by atoms with E-state index in [1.807, 2.05) is 27.7 Å². The lowest BCUT2D eigenvalue weighted by Gasteiger charge is -2.33. The smallest absolute Gasteiger partial charge is 0.242 e. The van der Waals surface area contributed by atoms with Crippen LogP contribution in [0.4, 0.5) is 0 Å². The molecule has 138 valence electrons. The standard InChI is InChI=1S/C18H33N3O3/c1-12(2)9-16(22)20-17(13(3)4)18(23)19-10-15-11-21(7-8-24-15)14-5-6-14/h12-15,17H,5-11H2,1-4H3,(H,19,23)(H,20,22). The Morgan fingerprint density at radius 1 is 1.21 bits per heavy atom. The quantitative estimate of drug-likeness (QED) is 0.696. The lowest BCUT2D eigenvalue weighted by Crippen LogP contribution is -2.53. The van der Waals surface area contributed by atoms with E-state index in [0.29, 0.717) is 13.0 Å². The number of nitrogens with zero attached hydrogens (tertiary/aromatic N) is 1. The number of morpholine rings is 1. The van der Waals surface area contributed by atoms with Crippen molar-refractivity contribution in [2.75, 3.05) is 26.2 Å². The number of nitrogens with one attached hydrogen (secondary N) is 2. The highest BCUT2D eigenvalue weighted by atomic mass is 16.5. The molecule has 0 radical (unpaired) electrons. The van der Waals surface area contributed by atoms with Crippen molar-refractivity contribution in [2.45, 2.75) is 65.1 Å². The SMILES string of the molecule is CC(C)CC(=O)NC(C(=O)NCC1CN(C2CC2)CCO1)C(C)C. The molecular weight excluding hydrogens is 306 g/mol. The molecule has 2 N–H and O–H groups in total. The molecule has 0 aromatic rings. The van der Waals surface area contributed by atoms with Crippen LogP contribution in [-0.4, -0.2) is 61.1 Å². The highest BCUT2D eigenvalue weighted by Gasteiger charge is 2.33. The first-order valence-electron chi connectivity index (χ1n) is 9.29. The minimum atomic E-state index is -0.487. The highest BCUT2D eigenvalue weighted by Crippen LogP contribution is 2.28. The van der Waals surface area contributed by atoms with Gasteiger partial charge in [-0.05, 0) is 24.7 Å². The fourth-order valence-corrected chi connectivity index (χ4v) is 3.10. The zero-order valence-corrected chi connectivity index (χ0v) is 15.5. The maximum atomic E-state index is 12.5. The van der Waals surface area contributed by atoms with Crippen molar-refractivity contribution in [1.82, 2.24) is 15.5 Å². The van der Waals surface area contributed by atoms with E-state index in [0.717, 1.165) is 25.7 Å². The third-order valence-corrected chi connectivity index (χ3v) is 4.60. The number of rotatable bonds is 8. The van der Waals surface area contributed by atoms with Gasteiger partial charge in [0, 0.05) is 32.1 Å². The fraction of sp³-hybridized carbons (Fsp3) is 0.889. The number of ether oxygens (including phenoxy) is 1. The van der Waals surface area contributed by atoms with Gasteiger partial charge in [0.15, 0.2) is 0 Å². The van der Waals surface area contributed by atoms with Gasteiger partial charge in [-0.25, -0.2) is 0 Å². The summed E-state index contributed by atoms with van der Waals surface area (Å²) < 4.78 is 5.77. The van der Waals surface area contributed by atoms with Gasteiger partial charge in [0.05, 0.1) is 12.7 Å². The first-order chi connectivity index (χ1) is 11.4. The van der Waals surface area contributed by atoms with Gasteiger partial charge in [-0.15, -0.1) is 0 Å². The normalized spacial score (nSPS) is 23.3. The third kappa shape index (κ3) is 6.06. The summed E-state index contributed by atoms with van der Waals surface area (Å²) in [6.45, 7) is 11.0. The molecule has 1 saturated heterocycles. The number of carbonyl (C=O) groups is 2. The van der Waals surface area contributed by atoms with Gasteiger partial charge in [-0.2, -0.15) is 0 Å². The molecule has 2 atom stereocenters. The van der Waals surface area contributed by atoms with Gasteiger partial charge in [-0.3, -0.25) is 14.5 Å². The van der Waals surface area contributed by atoms with Crippen LogP contribution in [0, 0.1) is 11.8 Å². The topological polar surface area (TPSA) is 70.7 Å². The van der Waals surface area contributed by atoms with Crippen molar-refractivity contribution in [3.63, 3.8) is 0 Å². The van der Waals surface area contributed by atoms with Crippen molar-refractivity contribution in [3.8, 4) is 0 Å². The molecule has 1 saturated carbocycles. The van der Waals surface area contributed by atoms with E-state index < -0.39 is 6.04 Å². The van der Waals surface area contributed by atoms with Crippen LogP contribution >= 0.6 is 0 Å². The van der Waals surface area contributed by atoms with Crippen LogP contribution in [0.2, 0.25) is 0 Å². The molecule has 1 aliphatic carbocycles. The molecule has 2 amide bonds. The summed E-state index contributed by atoms with van der Waals surface area (Å²) in [5, 5.41) is 5.84. The number of carbonyl (C=O) groups excluding carboxylic acids is 2. The molecule has 6 nitrogen and oxygen atoms in total. The van der Waals surface area contributed by atoms with E-state index >= 15 is 0 Å². The minimum Gasteiger partial charge on any atom is -0.374 e. The molecule has 0 spiro atoms. The maximum Gasteiger partial charge on any atom is 0.242 e. The molecular formula is C18H33N3O3. The lowest BCUT2D eigenvalue weighted by atomic mass is 10.0. The largest absolute Gasteiger partial charge is 0.374 e. The first-order valence-corrected chi connectivity index (χ1v) is 9.29. The van der Waals surface area contributed by atoms with E-state index in [2.05, 4.69) is 15.5 Å². The zero-order valence-electron chi connectivity index (χ0n) is 15.5. The molecule has 2 fully saturated rings. The van der Waals surface area contributed by atoms with E-state index in [1.165, 1.54) is 12.8 Å². The number of amides is 2. The molecule has 0 aromatic carbocycles. The molecule has 2 aliphatic rings. The number of hydrogen-bond donors (Lipinski definition) is 2. The second-order valence-corrected chi connectivity index (χ2v) is 7.85. The fourth-order valence-electron chi connectivity index (χ4n) is 3.10. The molecule has 6 heteroatoms. The Kier molecular flexibility index (Phi) is 7.04. The molecule has 0 bridgehead atoms. The summed E-state index contributed by atoms with van der Waals surface area (Å²) in [4.78, 5) is 26.9. The summed E-state index contributed by atoms with van der Waals surface area (Å²) in [6.07, 6.45) is 3.06. The number of hydrogen-bond acceptors (Lipinski definition) is 4. The summed E-state index contributed by atoms with van der Waals surface area (Å²) in [5.41, 5.74) is 0. The summed E-state index contributed by atoms with van der Waals surface area (Å²) in [7, 11) is 0. The van der Waals surface area contributed by atoms with Crippen LogP contribution in [0.15, 0.2) is 0 Å². The van der Waals surface area contributed by atoms with E-state index in [9.17, 15) is 9.59 Å². The monoisotopic (exact) mass is 339 g/mol. The average molecular weight is 339 g/mol. The van der Waals surface area contributed by atoms with Crippen LogP contribution < -0.4 is 10.6 Å². The molecule has 1 aliphatic heterocycles. The van der Waals surface area contributed by atoms with Crippen LogP contribution in [0.1, 0.15) is 47.0 Å². The Morgan fingerprint density at radius 2 is 1.92 bits per heavy atom. The Hall–Kier alpha value is -1.14. The average Bonchev–Trinajstić information content (AvgIpc) is 3.34. The van der Waals surface area contributed by atoms with Crippen LogP contribution in [0.3, 0.4) is 0 Å². The lowest BCUT2D eigenvalue weighted by molar-refractivity contribution is -0.131. The van der Waals surface area contributed by atoms with Gasteiger partial charge in [0.2, 0.25) is 11.8 Å². The Labute approximate surface area is 145 Å². The minimum absolute atomic E-state index is 0.0440. The maximum absolute atomic E-state index is 12.5. The second kappa shape index (κ2) is 8.81. The van der Waals surface area contributed by atoms with Crippen molar-refractivity contribution >= 4 is 11.8 Å². The van der Waals surface area contributed by atoms with Crippen molar-refractivity contribution in [3.05, 3.63) is 0 Å².